The zero-order valence-electron chi connectivity index (χ0n) is 12.0. The molecule has 1 fully saturated rings. The summed E-state index contributed by atoms with van der Waals surface area (Å²) >= 11 is 0. The topological polar surface area (TPSA) is 79.6 Å². The normalized spacial score (nSPS) is 18.6. The molecule has 0 unspecified atom stereocenters. The van der Waals surface area contributed by atoms with Crippen molar-refractivity contribution >= 4 is 27.1 Å². The highest BCUT2D eigenvalue weighted by atomic mass is 32.2. The second kappa shape index (κ2) is 5.51. The van der Waals surface area contributed by atoms with Crippen LogP contribution >= 0.6 is 0 Å². The maximum atomic E-state index is 11.8. The molecule has 0 radical (unpaired) electrons. The van der Waals surface area contributed by atoms with Crippen molar-refractivity contribution < 1.29 is 8.42 Å². The van der Waals surface area contributed by atoms with E-state index in [9.17, 15) is 8.42 Å². The summed E-state index contributed by atoms with van der Waals surface area (Å²) < 4.78 is 25.4. The summed E-state index contributed by atoms with van der Waals surface area (Å²) in [7, 11) is -2.93. The van der Waals surface area contributed by atoms with Gasteiger partial charge in [-0.2, -0.15) is 0 Å². The van der Waals surface area contributed by atoms with E-state index in [1.807, 2.05) is 28.6 Å². The highest BCUT2D eigenvalue weighted by Gasteiger charge is 2.22. The molecule has 1 aliphatic rings. The first kappa shape index (κ1) is 14.1. The van der Waals surface area contributed by atoms with E-state index in [1.165, 1.54) is 0 Å². The third kappa shape index (κ3) is 2.94. The number of aromatic nitrogens is 3. The minimum absolute atomic E-state index is 0.174. The molecule has 0 bridgehead atoms. The Morgan fingerprint density at radius 2 is 2.19 bits per heavy atom. The number of nitrogens with zero attached hydrogens (tertiary/aromatic N) is 4. The first-order chi connectivity index (χ1) is 10.1. The Balaban J connectivity index is 2.00. The van der Waals surface area contributed by atoms with Crippen molar-refractivity contribution in [2.75, 3.05) is 41.4 Å². The van der Waals surface area contributed by atoms with Crippen molar-refractivity contribution in [2.24, 2.45) is 0 Å². The van der Waals surface area contributed by atoms with Crippen LogP contribution in [0.5, 0.6) is 0 Å². The zero-order chi connectivity index (χ0) is 14.9. The molecule has 0 aromatic carbocycles. The van der Waals surface area contributed by atoms with E-state index in [1.54, 1.807) is 6.20 Å². The molecule has 8 heteroatoms. The van der Waals surface area contributed by atoms with Gasteiger partial charge in [-0.3, -0.25) is 0 Å². The van der Waals surface area contributed by atoms with E-state index in [4.69, 9.17) is 0 Å². The Morgan fingerprint density at radius 1 is 1.33 bits per heavy atom. The molecule has 1 saturated heterocycles. The second-order valence-electron chi connectivity index (χ2n) is 5.13. The van der Waals surface area contributed by atoms with Gasteiger partial charge in [0.05, 0.1) is 17.7 Å². The molecule has 0 atom stereocenters. The van der Waals surface area contributed by atoms with Gasteiger partial charge in [-0.1, -0.05) is 0 Å². The molecule has 7 nitrogen and oxygen atoms in total. The second-order valence-corrected chi connectivity index (χ2v) is 7.43. The van der Waals surface area contributed by atoms with Crippen molar-refractivity contribution in [3.8, 4) is 0 Å². The van der Waals surface area contributed by atoms with E-state index in [0.29, 0.717) is 19.5 Å². The Labute approximate surface area is 123 Å². The number of anilines is 2. The summed E-state index contributed by atoms with van der Waals surface area (Å²) in [5.74, 6) is 1.94. The van der Waals surface area contributed by atoms with Crippen molar-refractivity contribution in [3.05, 3.63) is 18.6 Å². The third-order valence-electron chi connectivity index (χ3n) is 3.57. The van der Waals surface area contributed by atoms with Gasteiger partial charge in [0.2, 0.25) is 0 Å². The van der Waals surface area contributed by atoms with Gasteiger partial charge in [0.1, 0.15) is 5.82 Å². The summed E-state index contributed by atoms with van der Waals surface area (Å²) in [5.41, 5.74) is 0.760. The average molecular weight is 309 g/mol. The van der Waals surface area contributed by atoms with Crippen LogP contribution in [0.2, 0.25) is 0 Å². The van der Waals surface area contributed by atoms with Gasteiger partial charge < -0.3 is 14.6 Å². The van der Waals surface area contributed by atoms with Crippen LogP contribution in [0.1, 0.15) is 13.3 Å². The molecule has 2 aromatic heterocycles. The van der Waals surface area contributed by atoms with Gasteiger partial charge in [0.15, 0.2) is 21.3 Å². The smallest absolute Gasteiger partial charge is 0.180 e. The van der Waals surface area contributed by atoms with Crippen molar-refractivity contribution in [2.45, 2.75) is 13.3 Å². The van der Waals surface area contributed by atoms with Crippen LogP contribution in [-0.4, -0.2) is 53.9 Å². The van der Waals surface area contributed by atoms with Gasteiger partial charge in [-0.15, -0.1) is 0 Å². The molecule has 21 heavy (non-hydrogen) atoms. The highest BCUT2D eigenvalue weighted by Crippen LogP contribution is 2.22. The maximum absolute atomic E-state index is 11.8. The molecule has 1 aliphatic heterocycles. The highest BCUT2D eigenvalue weighted by molar-refractivity contribution is 7.91. The standard InChI is InChI=1S/C13H19N5O2S/c1-2-14-11-10-18-6-4-15-12(18)13(16-11)17-5-3-8-21(19,20)9-7-17/h4,6,10,14H,2-3,5,7-9H2,1H3. The van der Waals surface area contributed by atoms with Crippen LogP contribution in [0.25, 0.3) is 5.65 Å². The summed E-state index contributed by atoms with van der Waals surface area (Å²) in [4.78, 5) is 11.0. The molecule has 0 amide bonds. The molecule has 3 heterocycles. The largest absolute Gasteiger partial charge is 0.369 e. The number of sulfone groups is 1. The monoisotopic (exact) mass is 309 g/mol. The summed E-state index contributed by atoms with van der Waals surface area (Å²) in [5, 5.41) is 3.20. The van der Waals surface area contributed by atoms with E-state index < -0.39 is 9.84 Å². The summed E-state index contributed by atoms with van der Waals surface area (Å²) in [6, 6.07) is 0. The van der Waals surface area contributed by atoms with Crippen LogP contribution < -0.4 is 10.2 Å². The third-order valence-corrected chi connectivity index (χ3v) is 5.28. The van der Waals surface area contributed by atoms with Crippen molar-refractivity contribution in [3.63, 3.8) is 0 Å². The van der Waals surface area contributed by atoms with Gasteiger partial charge in [-0.05, 0) is 13.3 Å². The van der Waals surface area contributed by atoms with Crippen LogP contribution in [0.3, 0.4) is 0 Å². The zero-order valence-corrected chi connectivity index (χ0v) is 12.8. The lowest BCUT2D eigenvalue weighted by atomic mass is 10.4. The molecule has 1 N–H and O–H groups in total. The molecule has 3 rings (SSSR count). The Hall–Kier alpha value is -1.83. The van der Waals surface area contributed by atoms with Gasteiger partial charge >= 0.3 is 0 Å². The van der Waals surface area contributed by atoms with Gasteiger partial charge in [-0.25, -0.2) is 18.4 Å². The number of hydrogen-bond acceptors (Lipinski definition) is 6. The van der Waals surface area contributed by atoms with E-state index in [2.05, 4.69) is 15.3 Å². The summed E-state index contributed by atoms with van der Waals surface area (Å²) in [6.45, 7) is 3.94. The lowest BCUT2D eigenvalue weighted by molar-refractivity contribution is 0.597. The molecule has 0 aliphatic carbocycles. The molecule has 0 saturated carbocycles. The number of fused-ring (bicyclic) bond motifs is 1. The lowest BCUT2D eigenvalue weighted by Gasteiger charge is -2.22. The van der Waals surface area contributed by atoms with Crippen molar-refractivity contribution in [1.82, 2.24) is 14.4 Å². The maximum Gasteiger partial charge on any atom is 0.180 e. The lowest BCUT2D eigenvalue weighted by Crippen LogP contribution is -2.28. The van der Waals surface area contributed by atoms with E-state index in [-0.39, 0.29) is 11.5 Å². The Bertz CT molecular complexity index is 740. The number of imidazole rings is 1. The SMILES string of the molecule is CCNc1cn2ccnc2c(N2CCCS(=O)(=O)CC2)n1. The van der Waals surface area contributed by atoms with E-state index >= 15 is 0 Å². The van der Waals surface area contributed by atoms with Crippen LogP contribution in [0, 0.1) is 0 Å². The Morgan fingerprint density at radius 3 is 3.00 bits per heavy atom. The van der Waals surface area contributed by atoms with E-state index in [0.717, 1.165) is 23.8 Å². The number of nitrogens with one attached hydrogen (secondary N) is 1. The predicted molar refractivity (Wildman–Crippen MR) is 82.6 cm³/mol. The minimum atomic E-state index is -2.93. The number of rotatable bonds is 3. The van der Waals surface area contributed by atoms with Crippen LogP contribution in [-0.2, 0) is 9.84 Å². The fraction of sp³-hybridized carbons (Fsp3) is 0.538. The molecule has 2 aromatic rings. The first-order valence-corrected chi connectivity index (χ1v) is 8.94. The van der Waals surface area contributed by atoms with Crippen molar-refractivity contribution in [1.29, 1.82) is 0 Å². The average Bonchev–Trinajstić information content (AvgIpc) is 2.83. The first-order valence-electron chi connectivity index (χ1n) is 7.12. The molecular weight excluding hydrogens is 290 g/mol. The molecule has 114 valence electrons. The number of hydrogen-bond donors (Lipinski definition) is 1. The van der Waals surface area contributed by atoms with Crippen LogP contribution in [0.4, 0.5) is 11.6 Å². The van der Waals surface area contributed by atoms with Gasteiger partial charge in [0.25, 0.3) is 0 Å². The fourth-order valence-corrected chi connectivity index (χ4v) is 3.82. The molecule has 0 spiro atoms. The quantitative estimate of drug-likeness (QED) is 0.903. The summed E-state index contributed by atoms with van der Waals surface area (Å²) in [6.07, 6.45) is 6.12. The molecular formula is C13H19N5O2S. The predicted octanol–water partition coefficient (Wildman–Crippen LogP) is 0.786. The minimum Gasteiger partial charge on any atom is -0.369 e. The fourth-order valence-electron chi connectivity index (χ4n) is 2.54. The van der Waals surface area contributed by atoms with Gasteiger partial charge in [0, 0.05) is 32.0 Å². The van der Waals surface area contributed by atoms with Crippen LogP contribution in [0.15, 0.2) is 18.6 Å². The Kier molecular flexibility index (Phi) is 3.71.